The molecular formula is C23H24N2O4. The molecule has 0 aromatic heterocycles. The number of amides is 1. The minimum Gasteiger partial charge on any atom is -0.505 e. The van der Waals surface area contributed by atoms with E-state index in [2.05, 4.69) is 21.4 Å². The zero-order valence-electron chi connectivity index (χ0n) is 16.7. The van der Waals surface area contributed by atoms with Crippen molar-refractivity contribution in [2.24, 2.45) is 0 Å². The second-order valence-corrected chi connectivity index (χ2v) is 6.73. The summed E-state index contributed by atoms with van der Waals surface area (Å²) in [5.41, 5.74) is 5.25. The molecule has 1 aliphatic heterocycles. The van der Waals surface area contributed by atoms with Gasteiger partial charge in [-0.05, 0) is 24.5 Å². The molecular weight excluding hydrogens is 368 g/mol. The van der Waals surface area contributed by atoms with Crippen LogP contribution in [-0.2, 0) is 14.3 Å². The summed E-state index contributed by atoms with van der Waals surface area (Å²) in [6, 6.07) is 13.7. The van der Waals surface area contributed by atoms with Gasteiger partial charge in [0.15, 0.2) is 5.76 Å². The first-order valence-corrected chi connectivity index (χ1v) is 9.42. The maximum Gasteiger partial charge on any atom is 0.325 e. The minimum atomic E-state index is -0.582. The molecule has 1 amide bonds. The summed E-state index contributed by atoms with van der Waals surface area (Å²) in [4.78, 5) is 23.9. The lowest BCUT2D eigenvalue weighted by Gasteiger charge is -2.26. The van der Waals surface area contributed by atoms with Crippen LogP contribution in [-0.4, -0.2) is 30.6 Å². The molecule has 150 valence electrons. The fraction of sp³-hybridized carbons (Fsp3) is 0.217. The highest BCUT2D eigenvalue weighted by molar-refractivity contribution is 6.06. The SMILES string of the molecule is CCC=C1NC(C(=O)NCC(=O)OC)=C(O)c2cccc(-c3cccc(C)c3)c21. The first-order valence-electron chi connectivity index (χ1n) is 9.42. The van der Waals surface area contributed by atoms with Gasteiger partial charge in [0.05, 0.1) is 7.11 Å². The molecule has 0 saturated heterocycles. The van der Waals surface area contributed by atoms with E-state index in [1.165, 1.54) is 7.11 Å². The summed E-state index contributed by atoms with van der Waals surface area (Å²) in [7, 11) is 1.25. The molecule has 1 heterocycles. The molecule has 0 bridgehead atoms. The van der Waals surface area contributed by atoms with E-state index < -0.39 is 11.9 Å². The number of aliphatic hydroxyl groups is 1. The van der Waals surface area contributed by atoms with Crippen molar-refractivity contribution in [3.05, 3.63) is 70.9 Å². The molecule has 0 fully saturated rings. The predicted molar refractivity (Wildman–Crippen MR) is 113 cm³/mol. The van der Waals surface area contributed by atoms with E-state index in [1.54, 1.807) is 6.07 Å². The molecule has 29 heavy (non-hydrogen) atoms. The van der Waals surface area contributed by atoms with Crippen LogP contribution in [0.4, 0.5) is 0 Å². The maximum absolute atomic E-state index is 12.6. The van der Waals surface area contributed by atoms with E-state index in [1.807, 2.05) is 50.3 Å². The standard InChI is InChI=1S/C23H24N2O4/c1-4-7-18-20-16(15-9-5-8-14(2)12-15)10-6-11-17(20)22(27)21(25-18)23(28)24-13-19(26)29-3/h5-12,25,27H,4,13H2,1-3H3,(H,24,28). The van der Waals surface area contributed by atoms with Crippen LogP contribution in [0.5, 0.6) is 0 Å². The van der Waals surface area contributed by atoms with Crippen LogP contribution < -0.4 is 10.6 Å². The van der Waals surface area contributed by atoms with Gasteiger partial charge in [-0.2, -0.15) is 0 Å². The number of aliphatic hydroxyl groups excluding tert-OH is 1. The Balaban J connectivity index is 2.11. The maximum atomic E-state index is 12.6. The van der Waals surface area contributed by atoms with Gasteiger partial charge < -0.3 is 20.5 Å². The highest BCUT2D eigenvalue weighted by atomic mass is 16.5. The number of fused-ring (bicyclic) bond motifs is 1. The molecule has 2 aromatic rings. The van der Waals surface area contributed by atoms with E-state index in [0.29, 0.717) is 5.56 Å². The van der Waals surface area contributed by atoms with Crippen molar-refractivity contribution in [2.75, 3.05) is 13.7 Å². The van der Waals surface area contributed by atoms with Crippen LogP contribution in [0.3, 0.4) is 0 Å². The van der Waals surface area contributed by atoms with Crippen LogP contribution in [0.15, 0.2) is 54.2 Å². The van der Waals surface area contributed by atoms with Crippen molar-refractivity contribution in [1.29, 1.82) is 0 Å². The number of methoxy groups -OCH3 is 1. The van der Waals surface area contributed by atoms with Crippen LogP contribution in [0.2, 0.25) is 0 Å². The van der Waals surface area contributed by atoms with E-state index in [0.717, 1.165) is 34.4 Å². The highest BCUT2D eigenvalue weighted by Gasteiger charge is 2.28. The monoisotopic (exact) mass is 392 g/mol. The molecule has 0 spiro atoms. The van der Waals surface area contributed by atoms with E-state index >= 15 is 0 Å². The van der Waals surface area contributed by atoms with Gasteiger partial charge in [-0.3, -0.25) is 9.59 Å². The number of esters is 1. The third-order valence-corrected chi connectivity index (χ3v) is 4.67. The van der Waals surface area contributed by atoms with Gasteiger partial charge in [0.2, 0.25) is 0 Å². The van der Waals surface area contributed by atoms with E-state index in [4.69, 9.17) is 0 Å². The molecule has 0 aliphatic carbocycles. The Morgan fingerprint density at radius 1 is 1.17 bits per heavy atom. The Kier molecular flexibility index (Phi) is 6.02. The zero-order chi connectivity index (χ0) is 21.0. The smallest absolute Gasteiger partial charge is 0.325 e. The van der Waals surface area contributed by atoms with Crippen molar-refractivity contribution < 1.29 is 19.4 Å². The van der Waals surface area contributed by atoms with Crippen molar-refractivity contribution in [3.63, 3.8) is 0 Å². The fourth-order valence-corrected chi connectivity index (χ4v) is 3.32. The normalized spacial score (nSPS) is 14.2. The number of benzene rings is 2. The van der Waals surface area contributed by atoms with Gasteiger partial charge in [-0.15, -0.1) is 0 Å². The summed E-state index contributed by atoms with van der Waals surface area (Å²) < 4.78 is 4.54. The number of hydrogen-bond acceptors (Lipinski definition) is 5. The molecule has 3 N–H and O–H groups in total. The number of aryl methyl sites for hydroxylation is 1. The fourth-order valence-electron chi connectivity index (χ4n) is 3.32. The number of carbonyl (C=O) groups is 2. The Bertz CT molecular complexity index is 1020. The predicted octanol–water partition coefficient (Wildman–Crippen LogP) is 3.53. The van der Waals surface area contributed by atoms with Gasteiger partial charge in [0.1, 0.15) is 12.2 Å². The Hall–Kier alpha value is -3.54. The van der Waals surface area contributed by atoms with Gasteiger partial charge in [0, 0.05) is 16.8 Å². The van der Waals surface area contributed by atoms with Gasteiger partial charge in [0.25, 0.3) is 5.91 Å². The molecule has 1 aliphatic rings. The third-order valence-electron chi connectivity index (χ3n) is 4.67. The Morgan fingerprint density at radius 2 is 1.90 bits per heavy atom. The number of ether oxygens (including phenoxy) is 1. The summed E-state index contributed by atoms with van der Waals surface area (Å²) in [5, 5.41) is 16.4. The van der Waals surface area contributed by atoms with Gasteiger partial charge in [-0.25, -0.2) is 0 Å². The highest BCUT2D eigenvalue weighted by Crippen LogP contribution is 2.38. The minimum absolute atomic E-state index is 0.00231. The van der Waals surface area contributed by atoms with Crippen molar-refractivity contribution in [1.82, 2.24) is 10.6 Å². The topological polar surface area (TPSA) is 87.7 Å². The van der Waals surface area contributed by atoms with E-state index in [9.17, 15) is 14.7 Å². The summed E-state index contributed by atoms with van der Waals surface area (Å²) in [6.45, 7) is 3.75. The van der Waals surface area contributed by atoms with Crippen molar-refractivity contribution >= 4 is 23.3 Å². The van der Waals surface area contributed by atoms with Crippen molar-refractivity contribution in [2.45, 2.75) is 20.3 Å². The lowest BCUT2D eigenvalue weighted by molar-refractivity contribution is -0.140. The first-order chi connectivity index (χ1) is 14.0. The van der Waals surface area contributed by atoms with Crippen LogP contribution in [0, 0.1) is 6.92 Å². The zero-order valence-corrected chi connectivity index (χ0v) is 16.7. The number of hydrogen-bond donors (Lipinski definition) is 3. The van der Waals surface area contributed by atoms with Gasteiger partial charge >= 0.3 is 5.97 Å². The molecule has 0 saturated carbocycles. The summed E-state index contributed by atoms with van der Waals surface area (Å²) in [6.07, 6.45) is 2.71. The number of nitrogens with one attached hydrogen (secondary N) is 2. The summed E-state index contributed by atoms with van der Waals surface area (Å²) >= 11 is 0. The second-order valence-electron chi connectivity index (χ2n) is 6.73. The molecule has 0 unspecified atom stereocenters. The van der Waals surface area contributed by atoms with E-state index in [-0.39, 0.29) is 18.0 Å². The van der Waals surface area contributed by atoms with Crippen LogP contribution >= 0.6 is 0 Å². The van der Waals surface area contributed by atoms with Crippen LogP contribution in [0.1, 0.15) is 30.0 Å². The Morgan fingerprint density at radius 3 is 2.59 bits per heavy atom. The lowest BCUT2D eigenvalue weighted by atomic mass is 9.89. The average Bonchev–Trinajstić information content (AvgIpc) is 2.73. The largest absolute Gasteiger partial charge is 0.505 e. The number of allylic oxidation sites excluding steroid dienone is 1. The molecule has 0 radical (unpaired) electrons. The van der Waals surface area contributed by atoms with Crippen LogP contribution in [0.25, 0.3) is 22.6 Å². The molecule has 6 nitrogen and oxygen atoms in total. The molecule has 6 heteroatoms. The first kappa shape index (κ1) is 20.2. The lowest BCUT2D eigenvalue weighted by Crippen LogP contribution is -2.37. The molecule has 0 atom stereocenters. The van der Waals surface area contributed by atoms with Gasteiger partial charge in [-0.1, -0.05) is 61.0 Å². The molecule has 3 rings (SSSR count). The average molecular weight is 392 g/mol. The Labute approximate surface area is 169 Å². The third kappa shape index (κ3) is 4.16. The molecule has 2 aromatic carbocycles. The quantitative estimate of drug-likeness (QED) is 0.678. The second kappa shape index (κ2) is 8.65. The summed E-state index contributed by atoms with van der Waals surface area (Å²) in [5.74, 6) is -1.31. The number of carbonyl (C=O) groups excluding carboxylic acids is 2. The van der Waals surface area contributed by atoms with Crippen molar-refractivity contribution in [3.8, 4) is 11.1 Å². The number of rotatable bonds is 5.